The van der Waals surface area contributed by atoms with Crippen LogP contribution in [0.25, 0.3) is 6.08 Å². The van der Waals surface area contributed by atoms with Crippen molar-refractivity contribution in [1.29, 1.82) is 0 Å². The SMILES string of the molecule is O=C(/C=C/c1cccc(OCc2ccccc2)c1)c1cc(Br)ccc1O. The number of carbonyl (C=O) groups excluding carboxylic acids is 1. The average molecular weight is 409 g/mol. The number of benzene rings is 3. The van der Waals surface area contributed by atoms with Crippen LogP contribution in [0.1, 0.15) is 21.5 Å². The quantitative estimate of drug-likeness (QED) is 0.424. The van der Waals surface area contributed by atoms with Gasteiger partial charge in [0.1, 0.15) is 18.1 Å². The number of hydrogen-bond donors (Lipinski definition) is 1. The molecule has 0 bridgehead atoms. The maximum Gasteiger partial charge on any atom is 0.189 e. The molecular weight excluding hydrogens is 392 g/mol. The highest BCUT2D eigenvalue weighted by atomic mass is 79.9. The summed E-state index contributed by atoms with van der Waals surface area (Å²) in [5.74, 6) is 0.427. The van der Waals surface area contributed by atoms with Gasteiger partial charge in [-0.2, -0.15) is 0 Å². The second kappa shape index (κ2) is 8.50. The lowest BCUT2D eigenvalue weighted by atomic mass is 10.1. The smallest absolute Gasteiger partial charge is 0.189 e. The Kier molecular flexibility index (Phi) is 5.87. The number of aromatic hydroxyl groups is 1. The Morgan fingerprint density at radius 1 is 1.00 bits per heavy atom. The molecule has 0 radical (unpaired) electrons. The first kappa shape index (κ1) is 18.0. The molecule has 0 aliphatic carbocycles. The maximum atomic E-state index is 12.3. The minimum absolute atomic E-state index is 0.0391. The number of hydrogen-bond acceptors (Lipinski definition) is 3. The molecule has 130 valence electrons. The second-order valence-corrected chi connectivity index (χ2v) is 6.62. The zero-order chi connectivity index (χ0) is 18.4. The third kappa shape index (κ3) is 4.83. The molecule has 0 saturated heterocycles. The number of halogens is 1. The molecule has 0 aliphatic heterocycles. The summed E-state index contributed by atoms with van der Waals surface area (Å²) in [5, 5.41) is 9.83. The minimum atomic E-state index is -0.264. The van der Waals surface area contributed by atoms with Crippen molar-refractivity contribution in [2.75, 3.05) is 0 Å². The summed E-state index contributed by atoms with van der Waals surface area (Å²) in [6.07, 6.45) is 3.15. The van der Waals surface area contributed by atoms with Crippen LogP contribution in [0.3, 0.4) is 0 Å². The van der Waals surface area contributed by atoms with E-state index in [1.807, 2.05) is 54.6 Å². The molecule has 3 nitrogen and oxygen atoms in total. The van der Waals surface area contributed by atoms with Gasteiger partial charge in [0.25, 0.3) is 0 Å². The molecule has 0 fully saturated rings. The van der Waals surface area contributed by atoms with E-state index in [0.717, 1.165) is 21.3 Å². The lowest BCUT2D eigenvalue weighted by Gasteiger charge is -2.07. The van der Waals surface area contributed by atoms with E-state index >= 15 is 0 Å². The lowest BCUT2D eigenvalue weighted by molar-refractivity contribution is 0.104. The van der Waals surface area contributed by atoms with Gasteiger partial charge in [0.15, 0.2) is 5.78 Å². The van der Waals surface area contributed by atoms with Gasteiger partial charge >= 0.3 is 0 Å². The van der Waals surface area contributed by atoms with Gasteiger partial charge < -0.3 is 9.84 Å². The molecule has 3 aromatic rings. The zero-order valence-corrected chi connectivity index (χ0v) is 15.5. The number of phenols is 1. The van der Waals surface area contributed by atoms with Crippen molar-refractivity contribution in [3.05, 3.63) is 100 Å². The van der Waals surface area contributed by atoms with Crippen LogP contribution >= 0.6 is 15.9 Å². The number of ether oxygens (including phenoxy) is 1. The van der Waals surface area contributed by atoms with E-state index in [-0.39, 0.29) is 17.1 Å². The highest BCUT2D eigenvalue weighted by molar-refractivity contribution is 9.10. The highest BCUT2D eigenvalue weighted by Crippen LogP contribution is 2.23. The predicted octanol–water partition coefficient (Wildman–Crippen LogP) is 5.63. The molecule has 26 heavy (non-hydrogen) atoms. The van der Waals surface area contributed by atoms with Gasteiger partial charge in [-0.3, -0.25) is 4.79 Å². The van der Waals surface area contributed by atoms with Crippen LogP contribution < -0.4 is 4.74 Å². The molecule has 0 amide bonds. The molecule has 3 rings (SSSR count). The standard InChI is InChI=1S/C22H17BrO3/c23-18-10-12-22(25)20(14-18)21(24)11-9-16-7-4-8-19(13-16)26-15-17-5-2-1-3-6-17/h1-14,25H,15H2/b11-9+. The fraction of sp³-hybridized carbons (Fsp3) is 0.0455. The van der Waals surface area contributed by atoms with Crippen molar-refractivity contribution >= 4 is 27.8 Å². The summed E-state index contributed by atoms with van der Waals surface area (Å²) in [7, 11) is 0. The largest absolute Gasteiger partial charge is 0.507 e. The van der Waals surface area contributed by atoms with Gasteiger partial charge in [0.2, 0.25) is 0 Å². The molecule has 4 heteroatoms. The summed E-state index contributed by atoms with van der Waals surface area (Å²) < 4.78 is 6.53. The fourth-order valence-corrected chi connectivity index (χ4v) is 2.78. The predicted molar refractivity (Wildman–Crippen MR) is 106 cm³/mol. The number of phenolic OH excluding ortho intramolecular Hbond substituents is 1. The van der Waals surface area contributed by atoms with Crippen LogP contribution in [0, 0.1) is 0 Å². The van der Waals surface area contributed by atoms with Gasteiger partial charge in [0.05, 0.1) is 5.56 Å². The number of ketones is 1. The number of rotatable bonds is 6. The molecule has 1 N–H and O–H groups in total. The van der Waals surface area contributed by atoms with Gasteiger partial charge in [-0.1, -0.05) is 64.5 Å². The van der Waals surface area contributed by atoms with Crippen LogP contribution in [0.15, 0.2) is 83.3 Å². The van der Waals surface area contributed by atoms with Crippen molar-refractivity contribution in [2.45, 2.75) is 6.61 Å². The topological polar surface area (TPSA) is 46.5 Å². The molecule has 0 saturated carbocycles. The zero-order valence-electron chi connectivity index (χ0n) is 13.9. The number of carbonyl (C=O) groups is 1. The molecule has 0 aromatic heterocycles. The van der Waals surface area contributed by atoms with E-state index in [0.29, 0.717) is 6.61 Å². The average Bonchev–Trinajstić information content (AvgIpc) is 2.67. The van der Waals surface area contributed by atoms with Crippen LogP contribution in [0.5, 0.6) is 11.5 Å². The Balaban J connectivity index is 1.69. The molecule has 0 heterocycles. The third-order valence-corrected chi connectivity index (χ3v) is 4.25. The summed E-state index contributed by atoms with van der Waals surface area (Å²) in [6, 6.07) is 22.2. The van der Waals surface area contributed by atoms with Crippen molar-refractivity contribution in [2.24, 2.45) is 0 Å². The van der Waals surface area contributed by atoms with Crippen LogP contribution in [0.4, 0.5) is 0 Å². The van der Waals surface area contributed by atoms with Crippen molar-refractivity contribution in [3.8, 4) is 11.5 Å². The number of allylic oxidation sites excluding steroid dienone is 1. The Morgan fingerprint density at radius 2 is 1.81 bits per heavy atom. The van der Waals surface area contributed by atoms with E-state index in [4.69, 9.17) is 4.74 Å². The van der Waals surface area contributed by atoms with Gasteiger partial charge in [-0.25, -0.2) is 0 Å². The summed E-state index contributed by atoms with van der Waals surface area (Å²) in [5.41, 5.74) is 2.19. The molecule has 3 aromatic carbocycles. The minimum Gasteiger partial charge on any atom is -0.507 e. The van der Waals surface area contributed by atoms with E-state index in [9.17, 15) is 9.90 Å². The monoisotopic (exact) mass is 408 g/mol. The second-order valence-electron chi connectivity index (χ2n) is 5.71. The molecule has 0 atom stereocenters. The normalized spacial score (nSPS) is 10.8. The first-order valence-corrected chi connectivity index (χ1v) is 8.89. The summed E-state index contributed by atoms with van der Waals surface area (Å²) in [6.45, 7) is 0.485. The molecule has 0 unspecified atom stereocenters. The summed E-state index contributed by atoms with van der Waals surface area (Å²) in [4.78, 5) is 12.3. The molecular formula is C22H17BrO3. The fourth-order valence-electron chi connectivity index (χ4n) is 2.42. The summed E-state index contributed by atoms with van der Waals surface area (Å²) >= 11 is 3.30. The first-order valence-electron chi connectivity index (χ1n) is 8.09. The van der Waals surface area contributed by atoms with Gasteiger partial charge in [-0.05, 0) is 47.5 Å². The van der Waals surface area contributed by atoms with E-state index in [2.05, 4.69) is 15.9 Å². The van der Waals surface area contributed by atoms with Gasteiger partial charge in [-0.15, -0.1) is 0 Å². The van der Waals surface area contributed by atoms with E-state index < -0.39 is 0 Å². The molecule has 0 aliphatic rings. The molecule has 0 spiro atoms. The van der Waals surface area contributed by atoms with Crippen LogP contribution in [-0.4, -0.2) is 10.9 Å². The first-order chi connectivity index (χ1) is 12.6. The van der Waals surface area contributed by atoms with Gasteiger partial charge in [0, 0.05) is 4.47 Å². The van der Waals surface area contributed by atoms with Crippen molar-refractivity contribution < 1.29 is 14.6 Å². The Bertz CT molecular complexity index is 933. The van der Waals surface area contributed by atoms with Crippen LogP contribution in [0.2, 0.25) is 0 Å². The Morgan fingerprint density at radius 3 is 2.62 bits per heavy atom. The third-order valence-electron chi connectivity index (χ3n) is 3.76. The Labute approximate surface area is 160 Å². The van der Waals surface area contributed by atoms with Crippen molar-refractivity contribution in [3.63, 3.8) is 0 Å². The van der Waals surface area contributed by atoms with Crippen LogP contribution in [-0.2, 0) is 6.61 Å². The van der Waals surface area contributed by atoms with E-state index in [1.165, 1.54) is 12.1 Å². The maximum absolute atomic E-state index is 12.3. The van der Waals surface area contributed by atoms with Crippen molar-refractivity contribution in [1.82, 2.24) is 0 Å². The Hall–Kier alpha value is -2.85. The highest BCUT2D eigenvalue weighted by Gasteiger charge is 2.08. The lowest BCUT2D eigenvalue weighted by Crippen LogP contribution is -1.96. The van der Waals surface area contributed by atoms with E-state index in [1.54, 1.807) is 18.2 Å².